The van der Waals surface area contributed by atoms with Gasteiger partial charge in [-0.3, -0.25) is 4.99 Å². The van der Waals surface area contributed by atoms with Gasteiger partial charge in [0.15, 0.2) is 0 Å². The van der Waals surface area contributed by atoms with E-state index in [-0.39, 0.29) is 10.9 Å². The number of alkyl halides is 2. The number of rotatable bonds is 2. The zero-order valence-electron chi connectivity index (χ0n) is 7.66. The molecule has 1 aromatic carbocycles. The molecule has 74 valence electrons. The van der Waals surface area contributed by atoms with Crippen molar-refractivity contribution in [2.24, 2.45) is 4.99 Å². The summed E-state index contributed by atoms with van der Waals surface area (Å²) in [6.45, 7) is 0. The van der Waals surface area contributed by atoms with Crippen LogP contribution in [0.25, 0.3) is 0 Å². The van der Waals surface area contributed by atoms with Crippen molar-refractivity contribution in [3.63, 3.8) is 0 Å². The number of hydrogen-bond acceptors (Lipinski definition) is 1. The minimum Gasteiger partial charge on any atom is -0.283 e. The lowest BCUT2D eigenvalue weighted by molar-refractivity contribution is 0.717. The highest BCUT2D eigenvalue weighted by Gasteiger charge is 2.23. The van der Waals surface area contributed by atoms with Crippen LogP contribution in [0.3, 0.4) is 0 Å². The van der Waals surface area contributed by atoms with Crippen LogP contribution in [0.15, 0.2) is 35.3 Å². The highest BCUT2D eigenvalue weighted by molar-refractivity contribution is 6.44. The number of benzene rings is 1. The maximum absolute atomic E-state index is 5.80. The van der Waals surface area contributed by atoms with Gasteiger partial charge in [-0.2, -0.15) is 0 Å². The third kappa shape index (κ3) is 2.10. The monoisotopic (exact) mass is 227 g/mol. The molecule has 0 aromatic heterocycles. The van der Waals surface area contributed by atoms with Crippen molar-refractivity contribution in [1.29, 1.82) is 0 Å². The molecule has 0 fully saturated rings. The SMILES string of the molecule is ClC(Cl)C1CCC(c2ccccc2)=N1. The van der Waals surface area contributed by atoms with E-state index < -0.39 is 0 Å². The summed E-state index contributed by atoms with van der Waals surface area (Å²) in [5.74, 6) is 0. The molecule has 0 radical (unpaired) electrons. The molecule has 1 unspecified atom stereocenters. The van der Waals surface area contributed by atoms with E-state index in [1.807, 2.05) is 18.2 Å². The van der Waals surface area contributed by atoms with E-state index in [4.69, 9.17) is 23.2 Å². The molecule has 0 bridgehead atoms. The van der Waals surface area contributed by atoms with Crippen LogP contribution in [0.2, 0.25) is 0 Å². The quantitative estimate of drug-likeness (QED) is 0.687. The Morgan fingerprint density at radius 1 is 1.21 bits per heavy atom. The van der Waals surface area contributed by atoms with Crippen LogP contribution in [0.5, 0.6) is 0 Å². The van der Waals surface area contributed by atoms with E-state index in [0.717, 1.165) is 18.6 Å². The molecule has 1 aliphatic heterocycles. The number of nitrogens with zero attached hydrogens (tertiary/aromatic N) is 1. The summed E-state index contributed by atoms with van der Waals surface area (Å²) in [6, 6.07) is 10.3. The van der Waals surface area contributed by atoms with Crippen molar-refractivity contribution in [1.82, 2.24) is 0 Å². The number of hydrogen-bond donors (Lipinski definition) is 0. The summed E-state index contributed by atoms with van der Waals surface area (Å²) in [5, 5.41) is 0. The summed E-state index contributed by atoms with van der Waals surface area (Å²) in [7, 11) is 0. The maximum Gasteiger partial charge on any atom is 0.130 e. The average molecular weight is 228 g/mol. The van der Waals surface area contributed by atoms with Crippen molar-refractivity contribution in [3.8, 4) is 0 Å². The Hall–Kier alpha value is -0.530. The molecule has 0 saturated carbocycles. The molecule has 0 N–H and O–H groups in total. The summed E-state index contributed by atoms with van der Waals surface area (Å²) in [6.07, 6.45) is 1.94. The minimum absolute atomic E-state index is 0.0774. The van der Waals surface area contributed by atoms with Crippen LogP contribution in [0, 0.1) is 0 Å². The van der Waals surface area contributed by atoms with Crippen LogP contribution in [-0.2, 0) is 0 Å². The molecule has 1 aliphatic rings. The molecule has 1 aromatic rings. The fraction of sp³-hybridized carbons (Fsp3) is 0.364. The van der Waals surface area contributed by atoms with Crippen LogP contribution >= 0.6 is 23.2 Å². The lowest BCUT2D eigenvalue weighted by Gasteiger charge is -2.04. The standard InChI is InChI=1S/C11H11Cl2N/c12-11(13)10-7-6-9(14-10)8-4-2-1-3-5-8/h1-5,10-11H,6-7H2. The lowest BCUT2D eigenvalue weighted by Crippen LogP contribution is -2.08. The second-order valence-electron chi connectivity index (χ2n) is 3.38. The van der Waals surface area contributed by atoms with Crippen molar-refractivity contribution >= 4 is 28.9 Å². The Labute approximate surface area is 93.8 Å². The van der Waals surface area contributed by atoms with E-state index in [9.17, 15) is 0 Å². The molecule has 3 heteroatoms. The van der Waals surface area contributed by atoms with Gasteiger partial charge in [-0.1, -0.05) is 30.3 Å². The van der Waals surface area contributed by atoms with Crippen LogP contribution in [0.4, 0.5) is 0 Å². The highest BCUT2D eigenvalue weighted by Crippen LogP contribution is 2.25. The van der Waals surface area contributed by atoms with Gasteiger partial charge >= 0.3 is 0 Å². The topological polar surface area (TPSA) is 12.4 Å². The predicted molar refractivity (Wildman–Crippen MR) is 61.5 cm³/mol. The molecule has 1 nitrogen and oxygen atoms in total. The van der Waals surface area contributed by atoms with Gasteiger partial charge in [-0.15, -0.1) is 23.2 Å². The second-order valence-corrected chi connectivity index (χ2v) is 4.55. The zero-order valence-corrected chi connectivity index (χ0v) is 9.17. The van der Waals surface area contributed by atoms with Gasteiger partial charge in [0.25, 0.3) is 0 Å². The van der Waals surface area contributed by atoms with Gasteiger partial charge in [0.2, 0.25) is 0 Å². The number of aliphatic imine (C=N–C) groups is 1. The van der Waals surface area contributed by atoms with Crippen LogP contribution < -0.4 is 0 Å². The summed E-state index contributed by atoms with van der Waals surface area (Å²) in [4.78, 5) is 4.13. The third-order valence-corrected chi connectivity index (χ3v) is 2.98. The molecular weight excluding hydrogens is 217 g/mol. The summed E-state index contributed by atoms with van der Waals surface area (Å²) in [5.41, 5.74) is 2.31. The molecule has 0 aliphatic carbocycles. The van der Waals surface area contributed by atoms with Gasteiger partial charge in [-0.25, -0.2) is 0 Å². The van der Waals surface area contributed by atoms with Gasteiger partial charge in [0.1, 0.15) is 4.84 Å². The number of halogens is 2. The van der Waals surface area contributed by atoms with Crippen molar-refractivity contribution < 1.29 is 0 Å². The Morgan fingerprint density at radius 2 is 1.93 bits per heavy atom. The van der Waals surface area contributed by atoms with Crippen molar-refractivity contribution in [2.45, 2.75) is 23.7 Å². The third-order valence-electron chi connectivity index (χ3n) is 2.40. The fourth-order valence-corrected chi connectivity index (χ4v) is 2.01. The van der Waals surface area contributed by atoms with E-state index in [1.165, 1.54) is 5.56 Å². The van der Waals surface area contributed by atoms with E-state index >= 15 is 0 Å². The first-order chi connectivity index (χ1) is 6.77. The summed E-state index contributed by atoms with van der Waals surface area (Å²) >= 11 is 11.6. The second kappa shape index (κ2) is 4.33. The van der Waals surface area contributed by atoms with Gasteiger partial charge < -0.3 is 0 Å². The molecular formula is C11H11Cl2N. The Bertz CT molecular complexity index is 332. The predicted octanol–water partition coefficient (Wildman–Crippen LogP) is 3.44. The Kier molecular flexibility index (Phi) is 3.09. The van der Waals surface area contributed by atoms with Crippen LogP contribution in [0.1, 0.15) is 18.4 Å². The van der Waals surface area contributed by atoms with Gasteiger partial charge in [0, 0.05) is 5.71 Å². The lowest BCUT2D eigenvalue weighted by atomic mass is 10.1. The van der Waals surface area contributed by atoms with E-state index in [0.29, 0.717) is 0 Å². The van der Waals surface area contributed by atoms with Gasteiger partial charge in [-0.05, 0) is 18.4 Å². The van der Waals surface area contributed by atoms with Gasteiger partial charge in [0.05, 0.1) is 6.04 Å². The smallest absolute Gasteiger partial charge is 0.130 e. The maximum atomic E-state index is 5.80. The Morgan fingerprint density at radius 3 is 2.50 bits per heavy atom. The Balaban J connectivity index is 2.18. The molecule has 1 heterocycles. The first kappa shape index (κ1) is 10.0. The molecule has 0 spiro atoms. The minimum atomic E-state index is -0.379. The van der Waals surface area contributed by atoms with Crippen molar-refractivity contribution in [2.75, 3.05) is 0 Å². The summed E-state index contributed by atoms with van der Waals surface area (Å²) < 4.78 is 0. The first-order valence-electron chi connectivity index (χ1n) is 4.67. The molecule has 2 rings (SSSR count). The molecule has 1 atom stereocenters. The highest BCUT2D eigenvalue weighted by atomic mass is 35.5. The van der Waals surface area contributed by atoms with Crippen molar-refractivity contribution in [3.05, 3.63) is 35.9 Å². The van der Waals surface area contributed by atoms with Crippen LogP contribution in [-0.4, -0.2) is 16.6 Å². The first-order valence-corrected chi connectivity index (χ1v) is 5.55. The molecule has 0 amide bonds. The average Bonchev–Trinajstić information content (AvgIpc) is 2.68. The zero-order chi connectivity index (χ0) is 9.97. The molecule has 0 saturated heterocycles. The van der Waals surface area contributed by atoms with E-state index in [1.54, 1.807) is 0 Å². The van der Waals surface area contributed by atoms with E-state index in [2.05, 4.69) is 17.1 Å². The molecule has 14 heavy (non-hydrogen) atoms. The fourth-order valence-electron chi connectivity index (χ4n) is 1.65. The normalized spacial score (nSPS) is 21.4. The largest absolute Gasteiger partial charge is 0.283 e.